The van der Waals surface area contributed by atoms with Crippen LogP contribution in [0.4, 0.5) is 0 Å². The minimum Gasteiger partial charge on any atom is -0.465 e. The number of esters is 1. The third-order valence-corrected chi connectivity index (χ3v) is 2.80. The van der Waals surface area contributed by atoms with Gasteiger partial charge in [0, 0.05) is 19.5 Å². The number of rotatable bonds is 5. The van der Waals surface area contributed by atoms with Gasteiger partial charge < -0.3 is 14.4 Å². The van der Waals surface area contributed by atoms with E-state index in [2.05, 4.69) is 0 Å². The Morgan fingerprint density at radius 1 is 1.28 bits per heavy atom. The van der Waals surface area contributed by atoms with Gasteiger partial charge >= 0.3 is 5.97 Å². The first-order valence-electron chi connectivity index (χ1n) is 6.08. The van der Waals surface area contributed by atoms with Gasteiger partial charge in [0.25, 0.3) is 0 Å². The average Bonchev–Trinajstić information content (AvgIpc) is 2.36. The van der Waals surface area contributed by atoms with Crippen molar-refractivity contribution in [3.05, 3.63) is 0 Å². The third-order valence-electron chi connectivity index (χ3n) is 2.80. The van der Waals surface area contributed by atoms with Crippen LogP contribution in [0.25, 0.3) is 0 Å². The maximum absolute atomic E-state index is 11.9. The van der Waals surface area contributed by atoms with Crippen LogP contribution in [-0.4, -0.2) is 55.5 Å². The molecule has 0 aromatic rings. The summed E-state index contributed by atoms with van der Waals surface area (Å²) in [5.41, 5.74) is 0. The molecule has 0 aromatic carbocycles. The second-order valence-electron chi connectivity index (χ2n) is 4.11. The molecule has 1 unspecified atom stereocenters. The van der Waals surface area contributed by atoms with Gasteiger partial charge in [0.05, 0.1) is 19.8 Å². The average molecular weight is 257 g/mol. The van der Waals surface area contributed by atoms with E-state index in [0.29, 0.717) is 26.3 Å². The summed E-state index contributed by atoms with van der Waals surface area (Å²) in [5.74, 6) is -2.14. The van der Waals surface area contributed by atoms with E-state index < -0.39 is 11.9 Å². The molecule has 6 heteroatoms. The molecule has 0 spiro atoms. The molecule has 0 saturated carbocycles. The predicted molar refractivity (Wildman–Crippen MR) is 62.8 cm³/mol. The molecule has 0 N–H and O–H groups in total. The zero-order chi connectivity index (χ0) is 13.5. The Morgan fingerprint density at radius 2 is 1.89 bits per heavy atom. The zero-order valence-corrected chi connectivity index (χ0v) is 10.8. The van der Waals surface area contributed by atoms with Gasteiger partial charge in [-0.05, 0) is 13.8 Å². The van der Waals surface area contributed by atoms with Crippen LogP contribution in [0.1, 0.15) is 20.3 Å². The van der Waals surface area contributed by atoms with E-state index in [-0.39, 0.29) is 24.7 Å². The van der Waals surface area contributed by atoms with Crippen molar-refractivity contribution in [1.82, 2.24) is 4.90 Å². The summed E-state index contributed by atoms with van der Waals surface area (Å²) in [6, 6.07) is 0. The molecule has 0 aliphatic carbocycles. The van der Waals surface area contributed by atoms with Crippen LogP contribution in [-0.2, 0) is 23.9 Å². The minimum absolute atomic E-state index is 0.117. The molecule has 1 saturated heterocycles. The van der Waals surface area contributed by atoms with Gasteiger partial charge in [-0.3, -0.25) is 14.4 Å². The Hall–Kier alpha value is -1.43. The van der Waals surface area contributed by atoms with Crippen molar-refractivity contribution < 1.29 is 23.9 Å². The molecule has 102 valence electrons. The van der Waals surface area contributed by atoms with Crippen molar-refractivity contribution in [2.75, 3.05) is 32.9 Å². The van der Waals surface area contributed by atoms with E-state index in [9.17, 15) is 14.4 Å². The fraction of sp³-hybridized carbons (Fsp3) is 0.750. The number of Topliss-reactive ketones (excluding diaryl/α,β-unsaturated/α-hetero) is 1. The number of nitrogens with zero attached hydrogens (tertiary/aromatic N) is 1. The molecule has 18 heavy (non-hydrogen) atoms. The summed E-state index contributed by atoms with van der Waals surface area (Å²) in [5, 5.41) is 0. The van der Waals surface area contributed by atoms with E-state index in [1.54, 1.807) is 11.8 Å². The Balaban J connectivity index is 2.57. The Kier molecular flexibility index (Phi) is 5.77. The first-order valence-corrected chi connectivity index (χ1v) is 6.08. The van der Waals surface area contributed by atoms with Gasteiger partial charge in [-0.2, -0.15) is 0 Å². The molecule has 1 amide bonds. The van der Waals surface area contributed by atoms with Gasteiger partial charge in [0.2, 0.25) is 5.91 Å². The summed E-state index contributed by atoms with van der Waals surface area (Å²) < 4.78 is 9.93. The molecule has 1 aliphatic heterocycles. The summed E-state index contributed by atoms with van der Waals surface area (Å²) in [4.78, 5) is 36.5. The van der Waals surface area contributed by atoms with Crippen LogP contribution >= 0.6 is 0 Å². The highest BCUT2D eigenvalue weighted by Crippen LogP contribution is 2.11. The van der Waals surface area contributed by atoms with Crippen molar-refractivity contribution in [3.63, 3.8) is 0 Å². The lowest BCUT2D eigenvalue weighted by molar-refractivity contribution is -0.155. The monoisotopic (exact) mass is 257 g/mol. The molecule has 0 radical (unpaired) electrons. The second kappa shape index (κ2) is 7.10. The second-order valence-corrected chi connectivity index (χ2v) is 4.11. The van der Waals surface area contributed by atoms with Crippen molar-refractivity contribution in [2.24, 2.45) is 5.92 Å². The maximum atomic E-state index is 11.9. The molecular weight excluding hydrogens is 238 g/mol. The van der Waals surface area contributed by atoms with Crippen LogP contribution in [0.2, 0.25) is 0 Å². The van der Waals surface area contributed by atoms with Gasteiger partial charge in [-0.15, -0.1) is 0 Å². The lowest BCUT2D eigenvalue weighted by Crippen LogP contribution is -2.42. The topological polar surface area (TPSA) is 72.9 Å². The molecule has 1 rings (SSSR count). The highest BCUT2D eigenvalue weighted by molar-refractivity contribution is 6.01. The Morgan fingerprint density at radius 3 is 2.39 bits per heavy atom. The number of carbonyl (C=O) groups excluding carboxylic acids is 3. The zero-order valence-electron chi connectivity index (χ0n) is 10.8. The predicted octanol–water partition coefficient (Wildman–Crippen LogP) is 0.00360. The van der Waals surface area contributed by atoms with Gasteiger partial charge in [-0.25, -0.2) is 0 Å². The molecule has 6 nitrogen and oxygen atoms in total. The number of ketones is 1. The van der Waals surface area contributed by atoms with Crippen molar-refractivity contribution >= 4 is 17.7 Å². The molecule has 0 bridgehead atoms. The Bertz CT molecular complexity index is 322. The standard InChI is InChI=1S/C12H19NO5/c1-3-18-12(16)10(9(2)14)8-11(15)13-4-6-17-7-5-13/h10H,3-8H2,1-2H3. The maximum Gasteiger partial charge on any atom is 0.316 e. The quantitative estimate of drug-likeness (QED) is 0.512. The van der Waals surface area contributed by atoms with Gasteiger partial charge in [0.1, 0.15) is 11.7 Å². The van der Waals surface area contributed by atoms with Gasteiger partial charge in [-0.1, -0.05) is 0 Å². The summed E-state index contributed by atoms with van der Waals surface area (Å²) in [7, 11) is 0. The normalized spacial score (nSPS) is 17.1. The lowest BCUT2D eigenvalue weighted by atomic mass is 10.0. The van der Waals surface area contributed by atoms with E-state index in [0.717, 1.165) is 0 Å². The third kappa shape index (κ3) is 4.10. The van der Waals surface area contributed by atoms with Crippen LogP contribution < -0.4 is 0 Å². The van der Waals surface area contributed by atoms with E-state index >= 15 is 0 Å². The Labute approximate surface area is 106 Å². The van der Waals surface area contributed by atoms with Crippen molar-refractivity contribution in [2.45, 2.75) is 20.3 Å². The largest absolute Gasteiger partial charge is 0.465 e. The molecule has 1 atom stereocenters. The summed E-state index contributed by atoms with van der Waals surface area (Å²) in [6.45, 7) is 5.17. The lowest BCUT2D eigenvalue weighted by Gasteiger charge is -2.27. The summed E-state index contributed by atoms with van der Waals surface area (Å²) >= 11 is 0. The number of ether oxygens (including phenoxy) is 2. The number of amides is 1. The van der Waals surface area contributed by atoms with Crippen LogP contribution in [0.15, 0.2) is 0 Å². The summed E-state index contributed by atoms with van der Waals surface area (Å²) in [6.07, 6.45) is -0.117. The number of hydrogen-bond donors (Lipinski definition) is 0. The highest BCUT2D eigenvalue weighted by atomic mass is 16.5. The smallest absolute Gasteiger partial charge is 0.316 e. The SMILES string of the molecule is CCOC(=O)C(CC(=O)N1CCOCC1)C(C)=O. The van der Waals surface area contributed by atoms with E-state index in [4.69, 9.17) is 9.47 Å². The van der Waals surface area contributed by atoms with Crippen LogP contribution in [0, 0.1) is 5.92 Å². The van der Waals surface area contributed by atoms with Crippen molar-refractivity contribution in [3.8, 4) is 0 Å². The molecule has 1 aliphatic rings. The fourth-order valence-corrected chi connectivity index (χ4v) is 1.75. The number of morpholine rings is 1. The molecule has 0 aromatic heterocycles. The fourth-order valence-electron chi connectivity index (χ4n) is 1.75. The number of carbonyl (C=O) groups is 3. The van der Waals surface area contributed by atoms with E-state index in [1.807, 2.05) is 0 Å². The first-order chi connectivity index (χ1) is 8.56. The first kappa shape index (κ1) is 14.6. The number of hydrogen-bond acceptors (Lipinski definition) is 5. The van der Waals surface area contributed by atoms with Crippen LogP contribution in [0.3, 0.4) is 0 Å². The molecular formula is C12H19NO5. The molecule has 1 fully saturated rings. The van der Waals surface area contributed by atoms with Gasteiger partial charge in [0.15, 0.2) is 0 Å². The van der Waals surface area contributed by atoms with Crippen molar-refractivity contribution in [1.29, 1.82) is 0 Å². The molecule has 1 heterocycles. The van der Waals surface area contributed by atoms with Crippen LogP contribution in [0.5, 0.6) is 0 Å². The minimum atomic E-state index is -0.986. The van der Waals surface area contributed by atoms with E-state index in [1.165, 1.54) is 6.92 Å². The highest BCUT2D eigenvalue weighted by Gasteiger charge is 2.30.